The fourth-order valence-corrected chi connectivity index (χ4v) is 9.12. The Bertz CT molecular complexity index is 1950. The lowest BCUT2D eigenvalue weighted by atomic mass is 9.82. The Kier molecular flexibility index (Phi) is 7.09. The van der Waals surface area contributed by atoms with E-state index in [1.807, 2.05) is 26.8 Å². The number of ether oxygens (including phenoxy) is 1. The molecule has 5 aromatic rings. The van der Waals surface area contributed by atoms with Crippen LogP contribution in [0.25, 0.3) is 43.6 Å². The molecule has 0 unspecified atom stereocenters. The predicted octanol–water partition coefficient (Wildman–Crippen LogP) is 9.76. The average molecular weight is 628 g/mol. The largest absolute Gasteiger partial charge is 0.477 e. The van der Waals surface area contributed by atoms with Crippen molar-refractivity contribution >= 4 is 61.5 Å². The zero-order chi connectivity index (χ0) is 30.9. The molecule has 1 fully saturated rings. The maximum Gasteiger partial charge on any atom is 0.414 e. The summed E-state index contributed by atoms with van der Waals surface area (Å²) >= 11 is 3.15. The van der Waals surface area contributed by atoms with Gasteiger partial charge in [-0.05, 0) is 95.3 Å². The first-order valence-electron chi connectivity index (χ1n) is 15.4. The van der Waals surface area contributed by atoms with E-state index in [1.165, 1.54) is 33.1 Å². The van der Waals surface area contributed by atoms with Crippen molar-refractivity contribution in [2.45, 2.75) is 84.8 Å². The maximum absolute atomic E-state index is 13.9. The Hall–Kier alpha value is -3.69. The number of hydrogen-bond acceptors (Lipinski definition) is 6. The first-order valence-corrected chi connectivity index (χ1v) is 17.0. The van der Waals surface area contributed by atoms with Crippen LogP contribution in [-0.2, 0) is 11.3 Å². The third-order valence-electron chi connectivity index (χ3n) is 8.84. The summed E-state index contributed by atoms with van der Waals surface area (Å²) in [5.74, 6) is -0.562. The van der Waals surface area contributed by atoms with E-state index in [4.69, 9.17) is 9.72 Å². The molecule has 7 rings (SSSR count). The van der Waals surface area contributed by atoms with Crippen LogP contribution in [0.15, 0.2) is 36.4 Å². The lowest BCUT2D eigenvalue weighted by Gasteiger charge is -2.28. The quantitative estimate of drug-likeness (QED) is 0.215. The standard InChI is InChI=1S/C35H37N3O4S2/c1-19-17-24(20(2)43-19)26-13-11-22-25(36-26)14-12-23-30(22)38(34(41)42-35(3,4)5)16-15-37-27-18-28(33(39)40)44-32(27)29(31(23)37)21-9-7-6-8-10-21/h11-14,17-18,21H,6-10,15-16H2,1-5H3,(H,39,40). The molecule has 4 aromatic heterocycles. The number of anilines is 1. The molecule has 7 nitrogen and oxygen atoms in total. The Balaban J connectivity index is 1.50. The average Bonchev–Trinajstić information content (AvgIpc) is 3.60. The summed E-state index contributed by atoms with van der Waals surface area (Å²) < 4.78 is 9.31. The number of carbonyl (C=O) groups excluding carboxylic acids is 1. The Morgan fingerprint density at radius 3 is 2.43 bits per heavy atom. The van der Waals surface area contributed by atoms with Crippen molar-refractivity contribution in [2.24, 2.45) is 0 Å². The highest BCUT2D eigenvalue weighted by molar-refractivity contribution is 7.21. The van der Waals surface area contributed by atoms with Crippen LogP contribution < -0.4 is 4.90 Å². The van der Waals surface area contributed by atoms with E-state index < -0.39 is 17.7 Å². The molecule has 1 aliphatic carbocycles. The monoisotopic (exact) mass is 627 g/mol. The molecule has 1 N–H and O–H groups in total. The minimum absolute atomic E-state index is 0.338. The molecule has 228 valence electrons. The van der Waals surface area contributed by atoms with Crippen LogP contribution in [0.2, 0.25) is 0 Å². The molecule has 5 heterocycles. The highest BCUT2D eigenvalue weighted by Crippen LogP contribution is 2.51. The topological polar surface area (TPSA) is 84.7 Å². The molecule has 1 saturated carbocycles. The summed E-state index contributed by atoms with van der Waals surface area (Å²) in [6, 6.07) is 12.4. The molecule has 2 aliphatic rings. The van der Waals surface area contributed by atoms with Crippen LogP contribution in [-0.4, -0.2) is 38.9 Å². The number of carbonyl (C=O) groups is 2. The van der Waals surface area contributed by atoms with Gasteiger partial charge in [0.2, 0.25) is 0 Å². The smallest absolute Gasteiger partial charge is 0.414 e. The predicted molar refractivity (Wildman–Crippen MR) is 180 cm³/mol. The van der Waals surface area contributed by atoms with E-state index in [1.54, 1.807) is 16.2 Å². The maximum atomic E-state index is 13.9. The second-order valence-electron chi connectivity index (χ2n) is 13.1. The summed E-state index contributed by atoms with van der Waals surface area (Å²) in [5.41, 5.74) is 7.29. The first-order chi connectivity index (χ1) is 21.0. The summed E-state index contributed by atoms with van der Waals surface area (Å²) in [4.78, 5) is 35.7. The third kappa shape index (κ3) is 4.90. The fraction of sp³-hybridized carbons (Fsp3) is 0.400. The van der Waals surface area contributed by atoms with Gasteiger partial charge < -0.3 is 14.4 Å². The van der Waals surface area contributed by atoms with E-state index in [0.29, 0.717) is 23.9 Å². The number of nitrogens with zero attached hydrogens (tertiary/aromatic N) is 3. The summed E-state index contributed by atoms with van der Waals surface area (Å²) in [7, 11) is 0. The number of aromatic nitrogens is 2. The molecule has 0 spiro atoms. The number of aromatic carboxylic acids is 1. The Morgan fingerprint density at radius 1 is 0.977 bits per heavy atom. The molecule has 0 atom stereocenters. The van der Waals surface area contributed by atoms with Crippen molar-refractivity contribution in [3.63, 3.8) is 0 Å². The molecule has 1 amide bonds. The van der Waals surface area contributed by atoms with Gasteiger partial charge in [0.05, 0.1) is 32.8 Å². The van der Waals surface area contributed by atoms with Gasteiger partial charge in [-0.25, -0.2) is 14.6 Å². The molecule has 1 aliphatic heterocycles. The lowest BCUT2D eigenvalue weighted by molar-refractivity contribution is 0.0579. The van der Waals surface area contributed by atoms with Gasteiger partial charge in [-0.15, -0.1) is 22.7 Å². The number of fused-ring (bicyclic) bond motifs is 7. The number of rotatable bonds is 3. The van der Waals surface area contributed by atoms with Gasteiger partial charge in [0.15, 0.2) is 0 Å². The minimum Gasteiger partial charge on any atom is -0.477 e. The van der Waals surface area contributed by atoms with Gasteiger partial charge in [-0.1, -0.05) is 19.3 Å². The zero-order valence-electron chi connectivity index (χ0n) is 25.8. The molecule has 0 saturated heterocycles. The van der Waals surface area contributed by atoms with Crippen molar-refractivity contribution in [3.8, 4) is 22.5 Å². The third-order valence-corrected chi connectivity index (χ3v) is 11.0. The van der Waals surface area contributed by atoms with E-state index >= 15 is 0 Å². The van der Waals surface area contributed by atoms with Gasteiger partial charge in [0, 0.05) is 39.4 Å². The second kappa shape index (κ2) is 10.7. The summed E-state index contributed by atoms with van der Waals surface area (Å²) in [6.45, 7) is 10.8. The normalized spacial score (nSPS) is 15.8. The molecule has 0 radical (unpaired) electrons. The first kappa shape index (κ1) is 29.0. The fourth-order valence-electron chi connectivity index (χ4n) is 7.06. The van der Waals surface area contributed by atoms with Crippen LogP contribution in [0.3, 0.4) is 0 Å². The van der Waals surface area contributed by atoms with Crippen LogP contribution in [0.4, 0.5) is 10.5 Å². The lowest BCUT2D eigenvalue weighted by Crippen LogP contribution is -2.38. The number of amides is 1. The molecule has 9 heteroatoms. The van der Waals surface area contributed by atoms with Crippen molar-refractivity contribution in [2.75, 3.05) is 11.4 Å². The van der Waals surface area contributed by atoms with Gasteiger partial charge >= 0.3 is 12.1 Å². The number of pyridine rings is 1. The summed E-state index contributed by atoms with van der Waals surface area (Å²) in [6.07, 6.45) is 5.32. The van der Waals surface area contributed by atoms with Gasteiger partial charge in [0.25, 0.3) is 0 Å². The molecule has 44 heavy (non-hydrogen) atoms. The number of carboxylic acid groups (broad SMARTS) is 1. The highest BCUT2D eigenvalue weighted by Gasteiger charge is 2.35. The van der Waals surface area contributed by atoms with Crippen molar-refractivity contribution in [1.82, 2.24) is 9.55 Å². The molecule has 1 aromatic carbocycles. The van der Waals surface area contributed by atoms with E-state index in [0.717, 1.165) is 75.0 Å². The van der Waals surface area contributed by atoms with Crippen LogP contribution in [0.5, 0.6) is 0 Å². The molecular weight excluding hydrogens is 591 g/mol. The Labute approximate surface area is 265 Å². The SMILES string of the molecule is Cc1cc(-c2ccc3c4c(ccc3n2)-c2c(C3CCCCC3)c3sc(C(=O)O)cc3n2CCN4C(=O)OC(C)(C)C)c(C)s1. The van der Waals surface area contributed by atoms with Crippen molar-refractivity contribution in [3.05, 3.63) is 56.6 Å². The van der Waals surface area contributed by atoms with Crippen LogP contribution >= 0.6 is 22.7 Å². The number of hydrogen-bond donors (Lipinski definition) is 1. The van der Waals surface area contributed by atoms with Crippen LogP contribution in [0, 0.1) is 13.8 Å². The molecular formula is C35H37N3O4S2. The Morgan fingerprint density at radius 2 is 1.75 bits per heavy atom. The van der Waals surface area contributed by atoms with E-state index in [-0.39, 0.29) is 0 Å². The second-order valence-corrected chi connectivity index (χ2v) is 15.6. The van der Waals surface area contributed by atoms with Gasteiger partial charge in [0.1, 0.15) is 10.5 Å². The van der Waals surface area contributed by atoms with Crippen molar-refractivity contribution in [1.29, 1.82) is 0 Å². The highest BCUT2D eigenvalue weighted by atomic mass is 32.1. The molecule has 0 bridgehead atoms. The van der Waals surface area contributed by atoms with E-state index in [9.17, 15) is 14.7 Å². The van der Waals surface area contributed by atoms with Gasteiger partial charge in [-0.3, -0.25) is 4.90 Å². The summed E-state index contributed by atoms with van der Waals surface area (Å²) in [5, 5.41) is 10.8. The van der Waals surface area contributed by atoms with E-state index in [2.05, 4.69) is 48.7 Å². The number of benzene rings is 1. The van der Waals surface area contributed by atoms with Crippen molar-refractivity contribution < 1.29 is 19.4 Å². The van der Waals surface area contributed by atoms with Crippen LogP contribution in [0.1, 0.15) is 83.8 Å². The number of thiophene rings is 2. The zero-order valence-corrected chi connectivity index (χ0v) is 27.5. The number of carboxylic acids is 1. The van der Waals surface area contributed by atoms with Gasteiger partial charge in [-0.2, -0.15) is 0 Å². The number of aryl methyl sites for hydroxylation is 2. The minimum atomic E-state index is -0.900.